The number of aliphatic hydroxyl groups is 1. The van der Waals surface area contributed by atoms with E-state index in [1.54, 1.807) is 14.2 Å². The third-order valence-electron chi connectivity index (χ3n) is 3.35. The fraction of sp³-hybridized carbons (Fsp3) is 0.600. The van der Waals surface area contributed by atoms with Crippen LogP contribution in [-0.4, -0.2) is 25.9 Å². The summed E-state index contributed by atoms with van der Waals surface area (Å²) in [4.78, 5) is 0. The zero-order chi connectivity index (χ0) is 14.8. The Morgan fingerprint density at radius 1 is 1.26 bits per heavy atom. The number of benzene rings is 1. The van der Waals surface area contributed by atoms with Crippen LogP contribution in [0.2, 0.25) is 0 Å². The van der Waals surface area contributed by atoms with Crippen molar-refractivity contribution < 1.29 is 14.6 Å². The first-order chi connectivity index (χ1) is 8.80. The highest BCUT2D eigenvalue weighted by Gasteiger charge is 2.29. The Labute approximate surface area is 124 Å². The van der Waals surface area contributed by atoms with Crippen LogP contribution in [0.5, 0.6) is 11.5 Å². The zero-order valence-electron chi connectivity index (χ0n) is 12.5. The quantitative estimate of drug-likeness (QED) is 0.890. The highest BCUT2D eigenvalue weighted by atomic mass is 79.9. The molecule has 0 atom stereocenters. The topological polar surface area (TPSA) is 38.7 Å². The van der Waals surface area contributed by atoms with E-state index in [0.717, 1.165) is 15.6 Å². The van der Waals surface area contributed by atoms with Gasteiger partial charge in [0, 0.05) is 5.41 Å². The molecule has 0 aliphatic rings. The molecule has 19 heavy (non-hydrogen) atoms. The van der Waals surface area contributed by atoms with Crippen molar-refractivity contribution in [1.29, 1.82) is 0 Å². The van der Waals surface area contributed by atoms with Crippen molar-refractivity contribution in [2.24, 2.45) is 0 Å². The van der Waals surface area contributed by atoms with Crippen LogP contribution < -0.4 is 9.47 Å². The Morgan fingerprint density at radius 3 is 2.21 bits per heavy atom. The van der Waals surface area contributed by atoms with Crippen LogP contribution in [0.15, 0.2) is 10.5 Å². The van der Waals surface area contributed by atoms with Crippen LogP contribution >= 0.6 is 15.9 Å². The van der Waals surface area contributed by atoms with E-state index in [9.17, 15) is 5.11 Å². The van der Waals surface area contributed by atoms with Gasteiger partial charge in [0.1, 0.15) is 0 Å². The van der Waals surface area contributed by atoms with E-state index in [4.69, 9.17) is 9.47 Å². The van der Waals surface area contributed by atoms with Gasteiger partial charge in [-0.3, -0.25) is 0 Å². The normalized spacial score (nSPS) is 11.8. The molecule has 1 rings (SSSR count). The van der Waals surface area contributed by atoms with E-state index in [1.807, 2.05) is 19.9 Å². The van der Waals surface area contributed by atoms with E-state index in [2.05, 4.69) is 29.8 Å². The van der Waals surface area contributed by atoms with Crippen molar-refractivity contribution in [3.05, 3.63) is 21.7 Å². The van der Waals surface area contributed by atoms with Crippen molar-refractivity contribution in [1.82, 2.24) is 0 Å². The fourth-order valence-electron chi connectivity index (χ4n) is 2.17. The van der Waals surface area contributed by atoms with Crippen LogP contribution in [0, 0.1) is 0 Å². The fourth-order valence-corrected chi connectivity index (χ4v) is 3.20. The molecular weight excluding hydrogens is 308 g/mol. The molecule has 0 aliphatic carbocycles. The van der Waals surface area contributed by atoms with Crippen LogP contribution in [0.4, 0.5) is 0 Å². The summed E-state index contributed by atoms with van der Waals surface area (Å²) in [5, 5.41) is 9.65. The number of hydrogen-bond donors (Lipinski definition) is 1. The Kier molecular flexibility index (Phi) is 5.27. The standard InChI is InChI=1S/C15H23BrO3/c1-9(2)12-10(15(3,4)8-17)7-11(18-5)14(19-6)13(12)16/h7,9,17H,8H2,1-6H3. The van der Waals surface area contributed by atoms with Crippen LogP contribution in [0.1, 0.15) is 44.7 Å². The largest absolute Gasteiger partial charge is 0.493 e. The van der Waals surface area contributed by atoms with Gasteiger partial charge in [-0.15, -0.1) is 0 Å². The predicted octanol–water partition coefficient (Wildman–Crippen LogP) is 3.86. The molecule has 0 bridgehead atoms. The number of hydrogen-bond acceptors (Lipinski definition) is 3. The number of methoxy groups -OCH3 is 2. The van der Waals surface area contributed by atoms with Crippen molar-refractivity contribution in [2.45, 2.75) is 39.0 Å². The predicted molar refractivity (Wildman–Crippen MR) is 81.4 cm³/mol. The molecule has 0 fully saturated rings. The third kappa shape index (κ3) is 3.06. The second-order valence-corrected chi connectivity index (χ2v) is 6.38. The van der Waals surface area contributed by atoms with Gasteiger partial charge in [-0.25, -0.2) is 0 Å². The molecule has 1 N–H and O–H groups in total. The summed E-state index contributed by atoms with van der Waals surface area (Å²) in [6, 6.07) is 1.97. The monoisotopic (exact) mass is 330 g/mol. The molecule has 108 valence electrons. The summed E-state index contributed by atoms with van der Waals surface area (Å²) < 4.78 is 11.7. The summed E-state index contributed by atoms with van der Waals surface area (Å²) in [5.41, 5.74) is 1.90. The van der Waals surface area contributed by atoms with Gasteiger partial charge >= 0.3 is 0 Å². The molecule has 4 heteroatoms. The first-order valence-electron chi connectivity index (χ1n) is 6.35. The maximum Gasteiger partial charge on any atom is 0.175 e. The number of aliphatic hydroxyl groups excluding tert-OH is 1. The van der Waals surface area contributed by atoms with Crippen molar-refractivity contribution in [3.8, 4) is 11.5 Å². The lowest BCUT2D eigenvalue weighted by molar-refractivity contribution is 0.217. The molecule has 0 amide bonds. The van der Waals surface area contributed by atoms with E-state index < -0.39 is 0 Å². The van der Waals surface area contributed by atoms with Gasteiger partial charge < -0.3 is 14.6 Å². The summed E-state index contributed by atoms with van der Waals surface area (Å²) in [5.74, 6) is 1.69. The summed E-state index contributed by atoms with van der Waals surface area (Å²) in [6.07, 6.45) is 0. The SMILES string of the molecule is COc1cc(C(C)(C)CO)c(C(C)C)c(Br)c1OC. The minimum absolute atomic E-state index is 0.0780. The summed E-state index contributed by atoms with van der Waals surface area (Å²) in [6.45, 7) is 8.37. The molecule has 0 radical (unpaired) electrons. The molecule has 0 unspecified atom stereocenters. The van der Waals surface area contributed by atoms with Crippen LogP contribution in [-0.2, 0) is 5.41 Å². The smallest absolute Gasteiger partial charge is 0.175 e. The number of ether oxygens (including phenoxy) is 2. The lowest BCUT2D eigenvalue weighted by Crippen LogP contribution is -2.24. The molecule has 0 saturated carbocycles. The maximum absolute atomic E-state index is 9.65. The van der Waals surface area contributed by atoms with Gasteiger partial charge in [-0.2, -0.15) is 0 Å². The molecule has 0 saturated heterocycles. The number of rotatable bonds is 5. The minimum Gasteiger partial charge on any atom is -0.493 e. The average molecular weight is 331 g/mol. The Morgan fingerprint density at radius 2 is 1.84 bits per heavy atom. The van der Waals surface area contributed by atoms with Gasteiger partial charge in [0.25, 0.3) is 0 Å². The van der Waals surface area contributed by atoms with E-state index in [0.29, 0.717) is 17.4 Å². The lowest BCUT2D eigenvalue weighted by atomic mass is 9.79. The molecule has 1 aromatic rings. The van der Waals surface area contributed by atoms with E-state index in [1.165, 1.54) is 0 Å². The van der Waals surface area contributed by atoms with E-state index in [-0.39, 0.29) is 12.0 Å². The molecule has 0 aliphatic heterocycles. The van der Waals surface area contributed by atoms with Gasteiger partial charge in [0.2, 0.25) is 0 Å². The Balaban J connectivity index is 3.66. The molecule has 0 heterocycles. The highest BCUT2D eigenvalue weighted by molar-refractivity contribution is 9.10. The highest BCUT2D eigenvalue weighted by Crippen LogP contribution is 2.45. The number of halogens is 1. The molecule has 3 nitrogen and oxygen atoms in total. The first-order valence-corrected chi connectivity index (χ1v) is 7.15. The van der Waals surface area contributed by atoms with Crippen LogP contribution in [0.25, 0.3) is 0 Å². The van der Waals surface area contributed by atoms with Crippen molar-refractivity contribution >= 4 is 15.9 Å². The van der Waals surface area contributed by atoms with Gasteiger partial charge in [-0.05, 0) is 39.0 Å². The summed E-state index contributed by atoms with van der Waals surface area (Å²) >= 11 is 3.62. The second kappa shape index (κ2) is 6.14. The van der Waals surface area contributed by atoms with Crippen LogP contribution in [0.3, 0.4) is 0 Å². The van der Waals surface area contributed by atoms with E-state index >= 15 is 0 Å². The first kappa shape index (κ1) is 16.3. The second-order valence-electron chi connectivity index (χ2n) is 5.58. The third-order valence-corrected chi connectivity index (χ3v) is 4.14. The maximum atomic E-state index is 9.65. The molecule has 0 aromatic heterocycles. The Hall–Kier alpha value is -0.740. The average Bonchev–Trinajstić information content (AvgIpc) is 2.36. The minimum atomic E-state index is -0.332. The van der Waals surface area contributed by atoms with Crippen molar-refractivity contribution in [2.75, 3.05) is 20.8 Å². The lowest BCUT2D eigenvalue weighted by Gasteiger charge is -2.29. The van der Waals surface area contributed by atoms with Gasteiger partial charge in [0.15, 0.2) is 11.5 Å². The van der Waals surface area contributed by atoms with Gasteiger partial charge in [-0.1, -0.05) is 27.7 Å². The zero-order valence-corrected chi connectivity index (χ0v) is 14.1. The molecule has 0 spiro atoms. The Bertz CT molecular complexity index is 453. The molecular formula is C15H23BrO3. The summed E-state index contributed by atoms with van der Waals surface area (Å²) in [7, 11) is 3.25. The van der Waals surface area contributed by atoms with Crippen molar-refractivity contribution in [3.63, 3.8) is 0 Å². The molecule has 1 aromatic carbocycles. The van der Waals surface area contributed by atoms with Gasteiger partial charge in [0.05, 0.1) is 25.3 Å².